The molecule has 1 aliphatic heterocycles. The zero-order chi connectivity index (χ0) is 18.8. The van der Waals surface area contributed by atoms with E-state index in [1.54, 1.807) is 12.4 Å². The Kier molecular flexibility index (Phi) is 5.70. The molecule has 1 amide bonds. The predicted molar refractivity (Wildman–Crippen MR) is 110 cm³/mol. The van der Waals surface area contributed by atoms with Crippen LogP contribution >= 0.6 is 23.2 Å². The fourth-order valence-electron chi connectivity index (χ4n) is 4.63. The second-order valence-electron chi connectivity index (χ2n) is 7.72. The third-order valence-electron chi connectivity index (χ3n) is 5.94. The lowest BCUT2D eigenvalue weighted by Gasteiger charge is -2.35. The Morgan fingerprint density at radius 2 is 2.04 bits per heavy atom. The van der Waals surface area contributed by atoms with E-state index in [-0.39, 0.29) is 0 Å². The van der Waals surface area contributed by atoms with Gasteiger partial charge < -0.3 is 4.90 Å². The molecule has 1 aromatic carbocycles. The molecule has 1 aliphatic carbocycles. The zero-order valence-corrected chi connectivity index (χ0v) is 16.8. The van der Waals surface area contributed by atoms with E-state index in [4.69, 9.17) is 23.2 Å². The molecule has 4 rings (SSSR count). The van der Waals surface area contributed by atoms with Crippen molar-refractivity contribution in [3.8, 4) is 11.1 Å². The van der Waals surface area contributed by atoms with E-state index in [1.807, 2.05) is 18.2 Å². The van der Waals surface area contributed by atoms with Gasteiger partial charge in [0.15, 0.2) is 0 Å². The quantitative estimate of drug-likeness (QED) is 0.649. The maximum atomic E-state index is 12.1. The average molecular weight is 403 g/mol. The molecule has 3 nitrogen and oxygen atoms in total. The minimum Gasteiger partial charge on any atom is -0.340 e. The summed E-state index contributed by atoms with van der Waals surface area (Å²) in [6.07, 6.45) is 10.8. The minimum absolute atomic E-state index is 0.337. The molecule has 0 bridgehead atoms. The number of aromatic nitrogens is 1. The molecule has 1 saturated heterocycles. The number of halogens is 2. The van der Waals surface area contributed by atoms with Crippen molar-refractivity contribution >= 4 is 29.1 Å². The fraction of sp³-hybridized carbons (Fsp3) is 0.455. The fourth-order valence-corrected chi connectivity index (χ4v) is 5.29. The summed E-state index contributed by atoms with van der Waals surface area (Å²) in [6.45, 7) is 0.934. The first-order chi connectivity index (χ1) is 13.1. The Morgan fingerprint density at radius 3 is 2.78 bits per heavy atom. The summed E-state index contributed by atoms with van der Waals surface area (Å²) < 4.78 is 0. The Morgan fingerprint density at radius 1 is 1.15 bits per heavy atom. The van der Waals surface area contributed by atoms with Crippen LogP contribution in [0.4, 0.5) is 0 Å². The van der Waals surface area contributed by atoms with Crippen LogP contribution in [0.2, 0.25) is 10.0 Å². The molecule has 2 unspecified atom stereocenters. The highest BCUT2D eigenvalue weighted by atomic mass is 35.5. The van der Waals surface area contributed by atoms with Gasteiger partial charge in [0.25, 0.3) is 0 Å². The molecule has 0 radical (unpaired) electrons. The number of benzene rings is 1. The molecule has 1 aromatic heterocycles. The molecule has 2 atom stereocenters. The van der Waals surface area contributed by atoms with Crippen molar-refractivity contribution in [1.82, 2.24) is 9.88 Å². The third-order valence-corrected chi connectivity index (χ3v) is 6.68. The van der Waals surface area contributed by atoms with E-state index in [2.05, 4.69) is 16.0 Å². The van der Waals surface area contributed by atoms with E-state index in [1.165, 1.54) is 12.8 Å². The highest BCUT2D eigenvalue weighted by molar-refractivity contribution is 6.39. The number of carbonyl (C=O) groups excluding carboxylic acids is 1. The van der Waals surface area contributed by atoms with Gasteiger partial charge in [0.05, 0.1) is 5.02 Å². The van der Waals surface area contributed by atoms with Gasteiger partial charge in [0.2, 0.25) is 5.91 Å². The molecule has 1 saturated carbocycles. The molecule has 27 heavy (non-hydrogen) atoms. The van der Waals surface area contributed by atoms with E-state index < -0.39 is 0 Å². The van der Waals surface area contributed by atoms with Crippen LogP contribution in [-0.2, 0) is 11.2 Å². The van der Waals surface area contributed by atoms with Crippen molar-refractivity contribution in [3.05, 3.63) is 52.3 Å². The minimum atomic E-state index is 0.337. The van der Waals surface area contributed by atoms with Crippen LogP contribution in [0.1, 0.15) is 44.1 Å². The largest absolute Gasteiger partial charge is 0.340 e. The van der Waals surface area contributed by atoms with Gasteiger partial charge in [-0.25, -0.2) is 0 Å². The van der Waals surface area contributed by atoms with Crippen LogP contribution < -0.4 is 0 Å². The highest BCUT2D eigenvalue weighted by Crippen LogP contribution is 2.39. The van der Waals surface area contributed by atoms with E-state index >= 15 is 0 Å². The average Bonchev–Trinajstić information content (AvgIpc) is 3.11. The SMILES string of the molecule is O=C1CCCN1C1CCCC(Cc2ccc(Cl)c(-c3cccnc3)c2Cl)C1. The first kappa shape index (κ1) is 18.8. The van der Waals surface area contributed by atoms with Crippen LogP contribution in [0.15, 0.2) is 36.7 Å². The molecule has 2 aromatic rings. The summed E-state index contributed by atoms with van der Waals surface area (Å²) >= 11 is 13.2. The zero-order valence-electron chi connectivity index (χ0n) is 15.3. The summed E-state index contributed by atoms with van der Waals surface area (Å²) in [5, 5.41) is 1.39. The summed E-state index contributed by atoms with van der Waals surface area (Å²) in [4.78, 5) is 18.4. The summed E-state index contributed by atoms with van der Waals surface area (Å²) in [7, 11) is 0. The third kappa shape index (κ3) is 4.00. The number of hydrogen-bond donors (Lipinski definition) is 0. The summed E-state index contributed by atoms with van der Waals surface area (Å²) in [5.74, 6) is 0.890. The number of amides is 1. The highest BCUT2D eigenvalue weighted by Gasteiger charge is 2.32. The van der Waals surface area contributed by atoms with E-state index in [9.17, 15) is 4.79 Å². The first-order valence-corrected chi connectivity index (χ1v) is 10.6. The molecule has 0 spiro atoms. The van der Waals surface area contributed by atoms with Crippen molar-refractivity contribution < 1.29 is 4.79 Å². The maximum absolute atomic E-state index is 12.1. The van der Waals surface area contributed by atoms with Gasteiger partial charge >= 0.3 is 0 Å². The predicted octanol–water partition coefficient (Wildman–Crippen LogP) is 5.78. The molecule has 2 fully saturated rings. The number of nitrogens with zero attached hydrogens (tertiary/aromatic N) is 2. The van der Waals surface area contributed by atoms with Gasteiger partial charge in [-0.05, 0) is 55.7 Å². The Labute approximate surface area is 170 Å². The lowest BCUT2D eigenvalue weighted by Crippen LogP contribution is -2.39. The van der Waals surface area contributed by atoms with Crippen LogP contribution in [0.25, 0.3) is 11.1 Å². The van der Waals surface area contributed by atoms with Crippen LogP contribution in [-0.4, -0.2) is 28.4 Å². The Balaban J connectivity index is 1.53. The molecule has 5 heteroatoms. The standard InChI is InChI=1S/C22H24Cl2N2O/c23-19-9-8-16(22(24)21(19)17-5-2-10-25-14-17)12-15-4-1-6-18(13-15)26-11-3-7-20(26)27/h2,5,8-10,14-15,18H,1,3-4,6-7,11-13H2. The van der Waals surface area contributed by atoms with Crippen LogP contribution in [0.3, 0.4) is 0 Å². The number of likely N-dealkylation sites (tertiary alicyclic amines) is 1. The van der Waals surface area contributed by atoms with Crippen molar-refractivity contribution in [2.45, 2.75) is 51.0 Å². The first-order valence-electron chi connectivity index (χ1n) is 9.80. The van der Waals surface area contributed by atoms with Gasteiger partial charge in [-0.3, -0.25) is 9.78 Å². The molecule has 2 aliphatic rings. The second-order valence-corrected chi connectivity index (χ2v) is 8.50. The van der Waals surface area contributed by atoms with Gasteiger partial charge in [0.1, 0.15) is 0 Å². The van der Waals surface area contributed by atoms with E-state index in [0.717, 1.165) is 60.4 Å². The van der Waals surface area contributed by atoms with Gasteiger partial charge in [-0.15, -0.1) is 0 Å². The molecule has 2 heterocycles. The van der Waals surface area contributed by atoms with Crippen molar-refractivity contribution in [3.63, 3.8) is 0 Å². The monoisotopic (exact) mass is 402 g/mol. The van der Waals surface area contributed by atoms with Crippen molar-refractivity contribution in [2.75, 3.05) is 6.54 Å². The molecular weight excluding hydrogens is 379 g/mol. The normalized spacial score (nSPS) is 23.0. The number of pyridine rings is 1. The van der Waals surface area contributed by atoms with Crippen LogP contribution in [0.5, 0.6) is 0 Å². The summed E-state index contributed by atoms with van der Waals surface area (Å²) in [6, 6.07) is 8.28. The Bertz CT molecular complexity index is 825. The molecule has 142 valence electrons. The molecular formula is C22H24Cl2N2O. The smallest absolute Gasteiger partial charge is 0.222 e. The van der Waals surface area contributed by atoms with Crippen LogP contribution in [0, 0.1) is 5.92 Å². The lowest BCUT2D eigenvalue weighted by molar-refractivity contribution is -0.130. The van der Waals surface area contributed by atoms with Gasteiger partial charge in [-0.1, -0.05) is 41.8 Å². The summed E-state index contributed by atoms with van der Waals surface area (Å²) in [5.41, 5.74) is 2.95. The maximum Gasteiger partial charge on any atom is 0.222 e. The molecule has 0 N–H and O–H groups in total. The Hall–Kier alpha value is -1.58. The van der Waals surface area contributed by atoms with Gasteiger partial charge in [0, 0.05) is 47.6 Å². The number of carbonyl (C=O) groups is 1. The van der Waals surface area contributed by atoms with E-state index in [0.29, 0.717) is 22.9 Å². The van der Waals surface area contributed by atoms with Crippen molar-refractivity contribution in [1.29, 1.82) is 0 Å². The lowest BCUT2D eigenvalue weighted by atomic mass is 9.81. The van der Waals surface area contributed by atoms with Gasteiger partial charge in [-0.2, -0.15) is 0 Å². The second kappa shape index (κ2) is 8.20. The number of rotatable bonds is 4. The topological polar surface area (TPSA) is 33.2 Å². The number of hydrogen-bond acceptors (Lipinski definition) is 2. The van der Waals surface area contributed by atoms with Crippen molar-refractivity contribution in [2.24, 2.45) is 5.92 Å².